The number of rotatable bonds is 6. The second-order valence-electron chi connectivity index (χ2n) is 4.50. The van der Waals surface area contributed by atoms with E-state index in [9.17, 15) is 9.59 Å². The molecule has 5 nitrogen and oxygen atoms in total. The summed E-state index contributed by atoms with van der Waals surface area (Å²) in [4.78, 5) is 24.1. The molecule has 1 heterocycles. The molecule has 0 radical (unpaired) electrons. The molecule has 1 amide bonds. The largest absolute Gasteiger partial charge is 0.481 e. The van der Waals surface area contributed by atoms with E-state index < -0.39 is 5.97 Å². The number of hydrogen-bond acceptors (Lipinski definition) is 3. The minimum Gasteiger partial charge on any atom is -0.481 e. The Balaban J connectivity index is 2.32. The maximum atomic E-state index is 11.8. The van der Waals surface area contributed by atoms with Crippen LogP contribution < -0.4 is 0 Å². The molecule has 0 aromatic heterocycles. The lowest BCUT2D eigenvalue weighted by molar-refractivity contribution is -0.142. The fraction of sp³-hybridized carbons (Fsp3) is 0.833. The molecule has 0 aliphatic carbocycles. The van der Waals surface area contributed by atoms with Gasteiger partial charge in [0.15, 0.2) is 0 Å². The maximum Gasteiger partial charge on any atom is 0.303 e. The molecule has 1 aliphatic rings. The quantitative estimate of drug-likeness (QED) is 0.710. The molecule has 98 valence electrons. The molecule has 5 heteroatoms. The summed E-state index contributed by atoms with van der Waals surface area (Å²) >= 11 is 0. The van der Waals surface area contributed by atoms with Crippen LogP contribution in [-0.2, 0) is 14.3 Å². The number of carboxylic acid groups (broad SMARTS) is 1. The summed E-state index contributed by atoms with van der Waals surface area (Å²) in [5.41, 5.74) is 0. The molecule has 1 saturated heterocycles. The lowest BCUT2D eigenvalue weighted by atomic mass is 9.95. The summed E-state index contributed by atoms with van der Waals surface area (Å²) in [6.07, 6.45) is 2.83. The number of ether oxygens (including phenoxy) is 1. The number of carboxylic acids is 1. The van der Waals surface area contributed by atoms with Crippen LogP contribution in [0.5, 0.6) is 0 Å². The van der Waals surface area contributed by atoms with Crippen LogP contribution >= 0.6 is 0 Å². The van der Waals surface area contributed by atoms with Crippen LogP contribution in [0.1, 0.15) is 32.6 Å². The normalized spacial score (nSPS) is 20.3. The minimum absolute atomic E-state index is 0.0199. The zero-order valence-corrected chi connectivity index (χ0v) is 10.4. The molecule has 0 saturated carbocycles. The Bertz CT molecular complexity index is 267. The van der Waals surface area contributed by atoms with E-state index in [4.69, 9.17) is 9.84 Å². The number of carbonyl (C=O) groups excluding carboxylic acids is 1. The molecular formula is C12H21NO4. The highest BCUT2D eigenvalue weighted by Crippen LogP contribution is 2.19. The van der Waals surface area contributed by atoms with Gasteiger partial charge in [0.05, 0.1) is 0 Å². The van der Waals surface area contributed by atoms with Gasteiger partial charge in [0.25, 0.3) is 0 Å². The van der Waals surface area contributed by atoms with Crippen molar-refractivity contribution in [2.24, 2.45) is 5.92 Å². The first-order valence-corrected chi connectivity index (χ1v) is 6.20. The van der Waals surface area contributed by atoms with Crippen LogP contribution in [0.4, 0.5) is 0 Å². The second-order valence-corrected chi connectivity index (χ2v) is 4.50. The van der Waals surface area contributed by atoms with Gasteiger partial charge in [0, 0.05) is 26.1 Å². The number of nitrogens with zero attached hydrogens (tertiary/aromatic N) is 1. The predicted octanol–water partition coefficient (Wildman–Crippen LogP) is 1.13. The third-order valence-electron chi connectivity index (χ3n) is 2.91. The van der Waals surface area contributed by atoms with Crippen molar-refractivity contribution in [1.29, 1.82) is 0 Å². The van der Waals surface area contributed by atoms with E-state index in [2.05, 4.69) is 0 Å². The van der Waals surface area contributed by atoms with Crippen LogP contribution in [-0.4, -0.2) is 48.2 Å². The molecule has 1 aliphatic heterocycles. The van der Waals surface area contributed by atoms with Gasteiger partial charge < -0.3 is 14.7 Å². The van der Waals surface area contributed by atoms with Crippen molar-refractivity contribution >= 4 is 11.9 Å². The first-order chi connectivity index (χ1) is 8.13. The Kier molecular flexibility index (Phi) is 5.97. The van der Waals surface area contributed by atoms with Crippen LogP contribution in [0.2, 0.25) is 0 Å². The van der Waals surface area contributed by atoms with Gasteiger partial charge in [-0.1, -0.05) is 6.92 Å². The number of piperidine rings is 1. The van der Waals surface area contributed by atoms with E-state index in [1.807, 2.05) is 6.92 Å². The zero-order valence-electron chi connectivity index (χ0n) is 10.4. The Morgan fingerprint density at radius 1 is 1.47 bits per heavy atom. The lowest BCUT2D eigenvalue weighted by Gasteiger charge is -2.32. The summed E-state index contributed by atoms with van der Waals surface area (Å²) in [5, 5.41) is 8.74. The molecule has 0 aromatic rings. The smallest absolute Gasteiger partial charge is 0.303 e. The van der Waals surface area contributed by atoms with Gasteiger partial charge in [-0.3, -0.25) is 9.59 Å². The Labute approximate surface area is 102 Å². The molecule has 1 rings (SSSR count). The van der Waals surface area contributed by atoms with Crippen LogP contribution in [0.25, 0.3) is 0 Å². The van der Waals surface area contributed by atoms with Gasteiger partial charge in [-0.05, 0) is 25.2 Å². The predicted molar refractivity (Wildman–Crippen MR) is 62.7 cm³/mol. The summed E-state index contributed by atoms with van der Waals surface area (Å²) in [7, 11) is 0. The standard InChI is InChI=1S/C12H21NO4/c1-2-6-17-9-11(14)13-5-3-4-10(8-13)7-12(15)16/h10H,2-9H2,1H3,(H,15,16). The van der Waals surface area contributed by atoms with Crippen molar-refractivity contribution in [1.82, 2.24) is 4.90 Å². The number of amides is 1. The number of hydrogen-bond donors (Lipinski definition) is 1. The average molecular weight is 243 g/mol. The summed E-state index contributed by atoms with van der Waals surface area (Å²) in [6, 6.07) is 0. The topological polar surface area (TPSA) is 66.8 Å². The van der Waals surface area contributed by atoms with E-state index in [-0.39, 0.29) is 24.9 Å². The first kappa shape index (κ1) is 14.0. The summed E-state index contributed by atoms with van der Waals surface area (Å²) < 4.78 is 5.21. The van der Waals surface area contributed by atoms with Gasteiger partial charge in [-0.2, -0.15) is 0 Å². The minimum atomic E-state index is -0.786. The molecule has 0 spiro atoms. The number of aliphatic carboxylic acids is 1. The molecule has 1 unspecified atom stereocenters. The third-order valence-corrected chi connectivity index (χ3v) is 2.91. The van der Waals surface area contributed by atoms with Crippen molar-refractivity contribution in [2.75, 3.05) is 26.3 Å². The molecule has 17 heavy (non-hydrogen) atoms. The Morgan fingerprint density at radius 2 is 2.24 bits per heavy atom. The molecule has 1 fully saturated rings. The van der Waals surface area contributed by atoms with Crippen molar-refractivity contribution < 1.29 is 19.4 Å². The van der Waals surface area contributed by atoms with Crippen molar-refractivity contribution in [2.45, 2.75) is 32.6 Å². The van der Waals surface area contributed by atoms with Gasteiger partial charge in [0.2, 0.25) is 5.91 Å². The van der Waals surface area contributed by atoms with E-state index in [0.717, 1.165) is 25.8 Å². The van der Waals surface area contributed by atoms with E-state index in [0.29, 0.717) is 13.2 Å². The molecule has 0 bridgehead atoms. The summed E-state index contributed by atoms with van der Waals surface area (Å²) in [6.45, 7) is 3.99. The van der Waals surface area contributed by atoms with Gasteiger partial charge in [-0.25, -0.2) is 0 Å². The first-order valence-electron chi connectivity index (χ1n) is 6.20. The fourth-order valence-electron chi connectivity index (χ4n) is 2.10. The number of likely N-dealkylation sites (tertiary alicyclic amines) is 1. The van der Waals surface area contributed by atoms with Crippen LogP contribution in [0.3, 0.4) is 0 Å². The van der Waals surface area contributed by atoms with Crippen molar-refractivity contribution in [3.05, 3.63) is 0 Å². The highest BCUT2D eigenvalue weighted by Gasteiger charge is 2.24. The monoisotopic (exact) mass is 243 g/mol. The zero-order chi connectivity index (χ0) is 12.7. The maximum absolute atomic E-state index is 11.8. The molecule has 0 aromatic carbocycles. The van der Waals surface area contributed by atoms with Crippen LogP contribution in [0.15, 0.2) is 0 Å². The SMILES string of the molecule is CCCOCC(=O)N1CCCC(CC(=O)O)C1. The Morgan fingerprint density at radius 3 is 2.88 bits per heavy atom. The Hall–Kier alpha value is -1.10. The second kappa shape index (κ2) is 7.27. The average Bonchev–Trinajstić information content (AvgIpc) is 2.28. The van der Waals surface area contributed by atoms with Gasteiger partial charge in [-0.15, -0.1) is 0 Å². The highest BCUT2D eigenvalue weighted by atomic mass is 16.5. The van der Waals surface area contributed by atoms with E-state index >= 15 is 0 Å². The molecular weight excluding hydrogens is 222 g/mol. The van der Waals surface area contributed by atoms with Crippen LogP contribution in [0, 0.1) is 5.92 Å². The van der Waals surface area contributed by atoms with E-state index in [1.165, 1.54) is 0 Å². The highest BCUT2D eigenvalue weighted by molar-refractivity contribution is 5.77. The van der Waals surface area contributed by atoms with Gasteiger partial charge >= 0.3 is 5.97 Å². The number of carbonyl (C=O) groups is 2. The van der Waals surface area contributed by atoms with Crippen molar-refractivity contribution in [3.63, 3.8) is 0 Å². The molecule has 1 N–H and O–H groups in total. The fourth-order valence-corrected chi connectivity index (χ4v) is 2.10. The summed E-state index contributed by atoms with van der Waals surface area (Å²) in [5.74, 6) is -0.712. The van der Waals surface area contributed by atoms with Gasteiger partial charge in [0.1, 0.15) is 6.61 Å². The molecule has 1 atom stereocenters. The van der Waals surface area contributed by atoms with E-state index in [1.54, 1.807) is 4.90 Å². The lowest BCUT2D eigenvalue weighted by Crippen LogP contribution is -2.42. The third kappa shape index (κ3) is 5.17. The van der Waals surface area contributed by atoms with Crippen molar-refractivity contribution in [3.8, 4) is 0 Å².